The number of rotatable bonds is 4. The van der Waals surface area contributed by atoms with Crippen molar-refractivity contribution in [1.29, 1.82) is 0 Å². The maximum absolute atomic E-state index is 5.81. The predicted octanol–water partition coefficient (Wildman–Crippen LogP) is 4.67. The van der Waals surface area contributed by atoms with Crippen molar-refractivity contribution in [2.75, 3.05) is 0 Å². The molecule has 0 spiro atoms. The number of nitrogens with zero attached hydrogens (tertiary/aromatic N) is 2. The lowest BCUT2D eigenvalue weighted by atomic mass is 10.0. The summed E-state index contributed by atoms with van der Waals surface area (Å²) in [5, 5.41) is 0. The smallest absolute Gasteiger partial charge is 0.184 e. The lowest BCUT2D eigenvalue weighted by Crippen LogP contribution is -1.88. The molecule has 1 aromatic heterocycles. The molecule has 0 aliphatic rings. The lowest BCUT2D eigenvalue weighted by Gasteiger charge is -2.07. The molecular weight excluding hydrogens is 264 g/mol. The van der Waals surface area contributed by atoms with E-state index in [0.717, 1.165) is 23.4 Å². The maximum Gasteiger partial charge on any atom is 0.184 e. The van der Waals surface area contributed by atoms with Gasteiger partial charge >= 0.3 is 0 Å². The molecule has 0 aliphatic carbocycles. The van der Waals surface area contributed by atoms with E-state index in [-0.39, 0.29) is 0 Å². The monoisotopic (exact) mass is 278 g/mol. The van der Waals surface area contributed by atoms with Crippen LogP contribution >= 0.6 is 22.9 Å². The molecule has 0 N–H and O–H groups in total. The van der Waals surface area contributed by atoms with Crippen molar-refractivity contribution in [1.82, 2.24) is 4.98 Å². The largest absolute Gasteiger partial charge is 0.255 e. The van der Waals surface area contributed by atoms with Crippen molar-refractivity contribution in [3.8, 4) is 0 Å². The van der Waals surface area contributed by atoms with Crippen molar-refractivity contribution >= 4 is 34.8 Å². The molecule has 94 valence electrons. The third kappa shape index (κ3) is 2.98. The van der Waals surface area contributed by atoms with Crippen LogP contribution in [0.25, 0.3) is 0 Å². The van der Waals surface area contributed by atoms with E-state index >= 15 is 0 Å². The summed E-state index contributed by atoms with van der Waals surface area (Å²) in [5.41, 5.74) is 3.65. The van der Waals surface area contributed by atoms with Gasteiger partial charge < -0.3 is 0 Å². The van der Waals surface area contributed by atoms with Gasteiger partial charge in [-0.05, 0) is 24.0 Å². The van der Waals surface area contributed by atoms with Crippen molar-refractivity contribution in [3.05, 3.63) is 44.9 Å². The van der Waals surface area contributed by atoms with E-state index in [1.807, 2.05) is 6.21 Å². The minimum Gasteiger partial charge on any atom is -0.255 e. The van der Waals surface area contributed by atoms with Crippen LogP contribution in [0, 0.1) is 0 Å². The summed E-state index contributed by atoms with van der Waals surface area (Å²) < 4.78 is 0.552. The van der Waals surface area contributed by atoms with E-state index in [9.17, 15) is 0 Å². The molecule has 1 heterocycles. The van der Waals surface area contributed by atoms with Gasteiger partial charge in [-0.3, -0.25) is 4.99 Å². The van der Waals surface area contributed by atoms with Gasteiger partial charge in [0.2, 0.25) is 0 Å². The van der Waals surface area contributed by atoms with Crippen molar-refractivity contribution < 1.29 is 0 Å². The molecule has 0 saturated heterocycles. The van der Waals surface area contributed by atoms with Crippen LogP contribution in [0.1, 0.15) is 29.9 Å². The van der Waals surface area contributed by atoms with Gasteiger partial charge in [-0.25, -0.2) is 4.98 Å². The minimum atomic E-state index is 0.552. The molecule has 4 heteroatoms. The standard InChI is InChI=1S/C14H15ClN2S/c1-3-10-6-5-7-11(4-2)13(10)16-8-12-9-17-14(15)18-12/h5-9H,3-4H2,1-2H3/b16-8+. The Morgan fingerprint density at radius 1 is 1.28 bits per heavy atom. The number of thiazole rings is 1. The topological polar surface area (TPSA) is 25.2 Å². The number of halogens is 1. The summed E-state index contributed by atoms with van der Waals surface area (Å²) in [6.07, 6.45) is 5.57. The van der Waals surface area contributed by atoms with Crippen LogP contribution in [0.4, 0.5) is 5.69 Å². The SMILES string of the molecule is CCc1cccc(CC)c1/N=C/c1cnc(Cl)s1. The molecule has 0 unspecified atom stereocenters. The zero-order valence-electron chi connectivity index (χ0n) is 10.5. The van der Waals surface area contributed by atoms with Crippen LogP contribution in [-0.2, 0) is 12.8 Å². The molecule has 2 rings (SSSR count). The number of hydrogen-bond donors (Lipinski definition) is 0. The fourth-order valence-corrected chi connectivity index (χ4v) is 2.66. The van der Waals surface area contributed by atoms with E-state index < -0.39 is 0 Å². The van der Waals surface area contributed by atoms with Crippen LogP contribution in [0.15, 0.2) is 29.4 Å². The first-order valence-corrected chi connectivity index (χ1v) is 7.20. The zero-order chi connectivity index (χ0) is 13.0. The summed E-state index contributed by atoms with van der Waals surface area (Å²) in [4.78, 5) is 9.60. The molecular formula is C14H15ClN2S. The van der Waals surface area contributed by atoms with E-state index in [0.29, 0.717) is 4.47 Å². The van der Waals surface area contributed by atoms with E-state index in [1.54, 1.807) is 6.20 Å². The Labute approximate surface area is 116 Å². The Hall–Kier alpha value is -1.19. The van der Waals surface area contributed by atoms with Gasteiger partial charge in [0.25, 0.3) is 0 Å². The molecule has 2 aromatic rings. The number of aliphatic imine (C=N–C) groups is 1. The fraction of sp³-hybridized carbons (Fsp3) is 0.286. The second kappa shape index (κ2) is 6.12. The number of aryl methyl sites for hydroxylation is 2. The summed E-state index contributed by atoms with van der Waals surface area (Å²) in [7, 11) is 0. The molecule has 0 amide bonds. The average Bonchev–Trinajstić information content (AvgIpc) is 2.81. The fourth-order valence-electron chi connectivity index (χ4n) is 1.83. The van der Waals surface area contributed by atoms with E-state index in [2.05, 4.69) is 42.0 Å². The Kier molecular flexibility index (Phi) is 4.50. The predicted molar refractivity (Wildman–Crippen MR) is 79.6 cm³/mol. The van der Waals surface area contributed by atoms with Crippen LogP contribution < -0.4 is 0 Å². The summed E-state index contributed by atoms with van der Waals surface area (Å²) in [6.45, 7) is 4.30. The molecule has 0 aliphatic heterocycles. The highest BCUT2D eigenvalue weighted by molar-refractivity contribution is 7.17. The Morgan fingerprint density at radius 3 is 2.44 bits per heavy atom. The van der Waals surface area contributed by atoms with Crippen molar-refractivity contribution in [2.24, 2.45) is 4.99 Å². The molecule has 0 fully saturated rings. The van der Waals surface area contributed by atoms with Crippen LogP contribution in [0.3, 0.4) is 0 Å². The highest BCUT2D eigenvalue weighted by atomic mass is 35.5. The number of hydrogen-bond acceptors (Lipinski definition) is 3. The number of aromatic nitrogens is 1. The van der Waals surface area contributed by atoms with Crippen molar-refractivity contribution in [2.45, 2.75) is 26.7 Å². The average molecular weight is 279 g/mol. The van der Waals surface area contributed by atoms with Gasteiger partial charge in [0.15, 0.2) is 4.47 Å². The molecule has 2 nitrogen and oxygen atoms in total. The highest BCUT2D eigenvalue weighted by Gasteiger charge is 2.04. The van der Waals surface area contributed by atoms with Crippen LogP contribution in [0.5, 0.6) is 0 Å². The molecule has 18 heavy (non-hydrogen) atoms. The lowest BCUT2D eigenvalue weighted by molar-refractivity contribution is 1.08. The second-order valence-corrected chi connectivity index (χ2v) is 5.55. The number of para-hydroxylation sites is 1. The van der Waals surface area contributed by atoms with E-state index in [4.69, 9.17) is 11.6 Å². The molecule has 0 radical (unpaired) electrons. The first-order valence-electron chi connectivity index (χ1n) is 6.00. The van der Waals surface area contributed by atoms with Gasteiger partial charge in [0.05, 0.1) is 10.6 Å². The van der Waals surface area contributed by atoms with E-state index in [1.165, 1.54) is 22.5 Å². The third-order valence-electron chi connectivity index (χ3n) is 2.78. The first-order chi connectivity index (χ1) is 8.74. The Morgan fingerprint density at radius 2 is 1.94 bits per heavy atom. The number of benzene rings is 1. The maximum atomic E-state index is 5.81. The van der Waals surface area contributed by atoms with Crippen LogP contribution in [-0.4, -0.2) is 11.2 Å². The Bertz CT molecular complexity index is 538. The van der Waals surface area contributed by atoms with Gasteiger partial charge in [0.1, 0.15) is 0 Å². The third-order valence-corrected chi connectivity index (χ3v) is 3.83. The molecule has 1 aromatic carbocycles. The normalized spacial score (nSPS) is 11.3. The van der Waals surface area contributed by atoms with Gasteiger partial charge in [-0.1, -0.05) is 43.6 Å². The molecule has 0 atom stereocenters. The van der Waals surface area contributed by atoms with Gasteiger partial charge in [0, 0.05) is 12.4 Å². The molecule has 0 bridgehead atoms. The Balaban J connectivity index is 2.35. The molecule has 0 saturated carbocycles. The van der Waals surface area contributed by atoms with Crippen LogP contribution in [0.2, 0.25) is 4.47 Å². The summed E-state index contributed by atoms with van der Waals surface area (Å²) >= 11 is 7.24. The highest BCUT2D eigenvalue weighted by Crippen LogP contribution is 2.26. The quantitative estimate of drug-likeness (QED) is 0.746. The van der Waals surface area contributed by atoms with Gasteiger partial charge in [-0.15, -0.1) is 11.3 Å². The second-order valence-electron chi connectivity index (χ2n) is 3.91. The van der Waals surface area contributed by atoms with Crippen molar-refractivity contribution in [3.63, 3.8) is 0 Å². The summed E-state index contributed by atoms with van der Waals surface area (Å²) in [6, 6.07) is 6.36. The first kappa shape index (κ1) is 13.2. The minimum absolute atomic E-state index is 0.552. The summed E-state index contributed by atoms with van der Waals surface area (Å²) in [5.74, 6) is 0. The zero-order valence-corrected chi connectivity index (χ0v) is 12.1. The van der Waals surface area contributed by atoms with Gasteiger partial charge in [-0.2, -0.15) is 0 Å².